The summed E-state index contributed by atoms with van der Waals surface area (Å²) in [6.07, 6.45) is 1.39. The molecular weight excluding hydrogens is 169 g/mol. The van der Waals surface area contributed by atoms with Crippen LogP contribution in [-0.2, 0) is 0 Å². The SMILES string of the molecule is C=Cc1cc(F)ccc1N=O.CC. The summed E-state index contributed by atoms with van der Waals surface area (Å²) < 4.78 is 12.5. The molecule has 1 rings (SSSR count). The van der Waals surface area contributed by atoms with Crippen molar-refractivity contribution in [2.75, 3.05) is 0 Å². The lowest BCUT2D eigenvalue weighted by Gasteiger charge is -1.95. The standard InChI is InChI=1S/C8H6FNO.C2H6/c1-2-6-5-7(9)3-4-8(6)10-11;1-2/h2-5H,1H2;1-2H3. The van der Waals surface area contributed by atoms with Gasteiger partial charge in [-0.1, -0.05) is 26.5 Å². The molecule has 0 radical (unpaired) electrons. The first-order valence-corrected chi connectivity index (χ1v) is 4.03. The molecule has 3 heteroatoms. The van der Waals surface area contributed by atoms with Gasteiger partial charge in [0.1, 0.15) is 11.5 Å². The fourth-order valence-electron chi connectivity index (χ4n) is 0.772. The predicted octanol–water partition coefficient (Wildman–Crippen LogP) is 3.89. The van der Waals surface area contributed by atoms with Crippen LogP contribution in [0, 0.1) is 10.7 Å². The van der Waals surface area contributed by atoms with Crippen molar-refractivity contribution in [2.45, 2.75) is 13.8 Å². The summed E-state index contributed by atoms with van der Waals surface area (Å²) in [6.45, 7) is 7.42. The third-order valence-electron chi connectivity index (χ3n) is 1.31. The van der Waals surface area contributed by atoms with Crippen LogP contribution < -0.4 is 0 Å². The average Bonchev–Trinajstić information content (AvgIpc) is 2.20. The normalized spacial score (nSPS) is 8.23. The van der Waals surface area contributed by atoms with Crippen LogP contribution in [0.3, 0.4) is 0 Å². The topological polar surface area (TPSA) is 29.4 Å². The fourth-order valence-corrected chi connectivity index (χ4v) is 0.772. The zero-order valence-electron chi connectivity index (χ0n) is 7.75. The van der Waals surface area contributed by atoms with E-state index in [4.69, 9.17) is 0 Å². The third-order valence-corrected chi connectivity index (χ3v) is 1.31. The molecule has 0 heterocycles. The number of halogens is 1. The van der Waals surface area contributed by atoms with Gasteiger partial charge in [0.15, 0.2) is 0 Å². The molecule has 0 aliphatic heterocycles. The molecule has 0 aliphatic rings. The number of nitroso groups, excluding NO2 is 1. The zero-order chi connectivity index (χ0) is 10.3. The maximum atomic E-state index is 12.5. The van der Waals surface area contributed by atoms with Crippen molar-refractivity contribution in [1.29, 1.82) is 0 Å². The molecule has 0 aliphatic carbocycles. The lowest BCUT2D eigenvalue weighted by molar-refractivity contribution is 0.627. The minimum absolute atomic E-state index is 0.210. The van der Waals surface area contributed by atoms with Gasteiger partial charge in [0.25, 0.3) is 0 Å². The first-order valence-electron chi connectivity index (χ1n) is 4.03. The Bertz CT molecular complexity index is 297. The Morgan fingerprint density at radius 2 is 2.08 bits per heavy atom. The highest BCUT2D eigenvalue weighted by molar-refractivity contribution is 5.62. The maximum absolute atomic E-state index is 12.5. The summed E-state index contributed by atoms with van der Waals surface area (Å²) in [6, 6.07) is 3.72. The number of rotatable bonds is 2. The molecule has 0 saturated carbocycles. The lowest BCUT2D eigenvalue weighted by Crippen LogP contribution is -1.76. The second-order valence-corrected chi connectivity index (χ2v) is 2.00. The molecule has 0 fully saturated rings. The van der Waals surface area contributed by atoms with Gasteiger partial charge >= 0.3 is 0 Å². The van der Waals surface area contributed by atoms with Crippen molar-refractivity contribution < 1.29 is 4.39 Å². The van der Waals surface area contributed by atoms with E-state index in [1.807, 2.05) is 13.8 Å². The van der Waals surface area contributed by atoms with Gasteiger partial charge in [-0.15, -0.1) is 4.91 Å². The second-order valence-electron chi connectivity index (χ2n) is 2.00. The number of nitrogens with zero attached hydrogens (tertiary/aromatic N) is 1. The highest BCUT2D eigenvalue weighted by Crippen LogP contribution is 2.20. The van der Waals surface area contributed by atoms with E-state index in [2.05, 4.69) is 11.8 Å². The van der Waals surface area contributed by atoms with E-state index in [0.29, 0.717) is 5.56 Å². The van der Waals surface area contributed by atoms with E-state index in [1.54, 1.807) is 0 Å². The summed E-state index contributed by atoms with van der Waals surface area (Å²) in [5, 5.41) is 2.69. The Hall–Kier alpha value is -1.51. The monoisotopic (exact) mass is 181 g/mol. The second kappa shape index (κ2) is 6.06. The first kappa shape index (κ1) is 11.5. The minimum Gasteiger partial charge on any atom is -0.207 e. The molecule has 1 aromatic carbocycles. The molecular formula is C10H12FNO. The van der Waals surface area contributed by atoms with Crippen LogP contribution in [-0.4, -0.2) is 0 Å². The van der Waals surface area contributed by atoms with Crippen LogP contribution in [0.1, 0.15) is 19.4 Å². The summed E-state index contributed by atoms with van der Waals surface area (Å²) in [7, 11) is 0. The molecule has 0 spiro atoms. The van der Waals surface area contributed by atoms with Crippen LogP contribution in [0.25, 0.3) is 6.08 Å². The Balaban J connectivity index is 0.000000671. The lowest BCUT2D eigenvalue weighted by atomic mass is 10.2. The molecule has 0 amide bonds. The van der Waals surface area contributed by atoms with E-state index in [0.717, 1.165) is 0 Å². The van der Waals surface area contributed by atoms with Gasteiger partial charge in [0.2, 0.25) is 0 Å². The molecule has 0 atom stereocenters. The Labute approximate surface area is 77.1 Å². The molecule has 70 valence electrons. The van der Waals surface area contributed by atoms with Crippen molar-refractivity contribution in [3.05, 3.63) is 41.1 Å². The summed E-state index contributed by atoms with van der Waals surface area (Å²) in [5.74, 6) is -0.396. The van der Waals surface area contributed by atoms with E-state index in [-0.39, 0.29) is 5.69 Å². The summed E-state index contributed by atoms with van der Waals surface area (Å²) >= 11 is 0. The number of hydrogen-bond donors (Lipinski definition) is 0. The molecule has 2 nitrogen and oxygen atoms in total. The van der Waals surface area contributed by atoms with Crippen LogP contribution in [0.4, 0.5) is 10.1 Å². The van der Waals surface area contributed by atoms with Crippen molar-refractivity contribution in [3.63, 3.8) is 0 Å². The quantitative estimate of drug-likeness (QED) is 0.636. The van der Waals surface area contributed by atoms with Gasteiger partial charge in [0, 0.05) is 5.56 Å². The van der Waals surface area contributed by atoms with Gasteiger partial charge in [-0.2, -0.15) is 0 Å². The van der Waals surface area contributed by atoms with Crippen molar-refractivity contribution in [1.82, 2.24) is 0 Å². The molecule has 0 unspecified atom stereocenters. The van der Waals surface area contributed by atoms with Gasteiger partial charge in [-0.3, -0.25) is 0 Å². The molecule has 0 bridgehead atoms. The van der Waals surface area contributed by atoms with Gasteiger partial charge < -0.3 is 0 Å². The average molecular weight is 181 g/mol. The number of hydrogen-bond acceptors (Lipinski definition) is 2. The fraction of sp³-hybridized carbons (Fsp3) is 0.200. The van der Waals surface area contributed by atoms with Crippen LogP contribution >= 0.6 is 0 Å². The zero-order valence-corrected chi connectivity index (χ0v) is 7.75. The molecule has 13 heavy (non-hydrogen) atoms. The van der Waals surface area contributed by atoms with Crippen molar-refractivity contribution in [3.8, 4) is 0 Å². The van der Waals surface area contributed by atoms with Crippen molar-refractivity contribution in [2.24, 2.45) is 5.18 Å². The Kier molecular flexibility index (Phi) is 5.35. The highest BCUT2D eigenvalue weighted by atomic mass is 19.1. The van der Waals surface area contributed by atoms with E-state index < -0.39 is 5.82 Å². The summed E-state index contributed by atoms with van der Waals surface area (Å²) in [4.78, 5) is 10.1. The first-order chi connectivity index (χ1) is 6.27. The predicted molar refractivity (Wildman–Crippen MR) is 53.3 cm³/mol. The molecule has 0 aromatic heterocycles. The molecule has 0 saturated heterocycles. The Morgan fingerprint density at radius 1 is 1.46 bits per heavy atom. The smallest absolute Gasteiger partial charge is 0.123 e. The third kappa shape index (κ3) is 3.15. The molecule has 0 N–H and O–H groups in total. The highest BCUT2D eigenvalue weighted by Gasteiger charge is 1.99. The minimum atomic E-state index is -0.396. The van der Waals surface area contributed by atoms with Crippen LogP contribution in [0.2, 0.25) is 0 Å². The van der Waals surface area contributed by atoms with E-state index >= 15 is 0 Å². The van der Waals surface area contributed by atoms with Gasteiger partial charge in [-0.05, 0) is 23.4 Å². The largest absolute Gasteiger partial charge is 0.207 e. The van der Waals surface area contributed by atoms with E-state index in [1.165, 1.54) is 24.3 Å². The van der Waals surface area contributed by atoms with Crippen molar-refractivity contribution >= 4 is 11.8 Å². The van der Waals surface area contributed by atoms with Crippen LogP contribution in [0.5, 0.6) is 0 Å². The van der Waals surface area contributed by atoms with Crippen LogP contribution in [0.15, 0.2) is 30.0 Å². The van der Waals surface area contributed by atoms with Gasteiger partial charge in [0.05, 0.1) is 0 Å². The Morgan fingerprint density at radius 3 is 2.54 bits per heavy atom. The number of benzene rings is 1. The van der Waals surface area contributed by atoms with Gasteiger partial charge in [-0.25, -0.2) is 4.39 Å². The summed E-state index contributed by atoms with van der Waals surface area (Å²) in [5.41, 5.74) is 0.626. The van der Waals surface area contributed by atoms with E-state index in [9.17, 15) is 9.30 Å². The maximum Gasteiger partial charge on any atom is 0.123 e. The molecule has 1 aromatic rings.